The molecule has 1 amide bonds. The second-order valence-electron chi connectivity index (χ2n) is 8.59. The second-order valence-corrected chi connectivity index (χ2v) is 8.59. The Morgan fingerprint density at radius 2 is 1.57 bits per heavy atom. The van der Waals surface area contributed by atoms with E-state index in [4.69, 9.17) is 9.47 Å². The summed E-state index contributed by atoms with van der Waals surface area (Å²) in [6.07, 6.45) is 1.71. The number of rotatable bonds is 9. The molecule has 0 spiro atoms. The molecule has 4 rings (SSSR count). The van der Waals surface area contributed by atoms with Gasteiger partial charge in [0.1, 0.15) is 23.7 Å². The summed E-state index contributed by atoms with van der Waals surface area (Å²) in [6.45, 7) is 2.53. The normalized spacial score (nSPS) is 14.3. The number of nitrogens with one attached hydrogen (secondary N) is 1. The fourth-order valence-corrected chi connectivity index (χ4v) is 4.06. The molecular weight excluding hydrogens is 447 g/mol. The zero-order valence-corrected chi connectivity index (χ0v) is 19.5. The lowest BCUT2D eigenvalue weighted by atomic mass is 10.0. The van der Waals surface area contributed by atoms with Gasteiger partial charge in [-0.05, 0) is 48.2 Å². The molecule has 6 nitrogen and oxygen atoms in total. The van der Waals surface area contributed by atoms with Crippen molar-refractivity contribution in [3.8, 4) is 5.75 Å². The number of para-hydroxylation sites is 1. The quantitative estimate of drug-likeness (QED) is 0.466. The van der Waals surface area contributed by atoms with Crippen molar-refractivity contribution in [3.63, 3.8) is 0 Å². The second kappa shape index (κ2) is 12.1. The van der Waals surface area contributed by atoms with Gasteiger partial charge in [-0.2, -0.15) is 0 Å². The maximum atomic E-state index is 13.1. The number of carbonyl (C=O) groups excluding carboxylic acids is 2. The molecule has 0 radical (unpaired) electrons. The first-order valence-corrected chi connectivity index (χ1v) is 11.8. The van der Waals surface area contributed by atoms with Gasteiger partial charge in [0.05, 0.1) is 0 Å². The number of piperidine rings is 1. The fourth-order valence-electron chi connectivity index (χ4n) is 4.06. The van der Waals surface area contributed by atoms with E-state index in [1.165, 1.54) is 17.7 Å². The maximum Gasteiger partial charge on any atom is 0.342 e. The van der Waals surface area contributed by atoms with Gasteiger partial charge in [-0.15, -0.1) is 0 Å². The van der Waals surface area contributed by atoms with Crippen molar-refractivity contribution in [3.05, 3.63) is 101 Å². The monoisotopic (exact) mass is 476 g/mol. The highest BCUT2D eigenvalue weighted by atomic mass is 19.1. The first-order chi connectivity index (χ1) is 17.1. The highest BCUT2D eigenvalue weighted by molar-refractivity contribution is 5.94. The van der Waals surface area contributed by atoms with Crippen molar-refractivity contribution in [1.29, 1.82) is 0 Å². The molecule has 1 fully saturated rings. The average molecular weight is 477 g/mol. The van der Waals surface area contributed by atoms with Gasteiger partial charge in [0.2, 0.25) is 0 Å². The van der Waals surface area contributed by atoms with Gasteiger partial charge in [-0.1, -0.05) is 54.6 Å². The van der Waals surface area contributed by atoms with E-state index >= 15 is 0 Å². The zero-order valence-electron chi connectivity index (χ0n) is 19.5. The molecule has 0 atom stereocenters. The van der Waals surface area contributed by atoms with E-state index in [2.05, 4.69) is 22.3 Å². The lowest BCUT2D eigenvalue weighted by Crippen LogP contribution is -2.45. The van der Waals surface area contributed by atoms with Crippen LogP contribution in [-0.2, 0) is 22.7 Å². The lowest BCUT2D eigenvalue weighted by Gasteiger charge is -2.32. The summed E-state index contributed by atoms with van der Waals surface area (Å²) in [6, 6.07) is 23.0. The number of nitrogens with zero attached hydrogens (tertiary/aromatic N) is 1. The fraction of sp³-hybridized carbons (Fsp3) is 0.286. The smallest absolute Gasteiger partial charge is 0.342 e. The van der Waals surface area contributed by atoms with Crippen molar-refractivity contribution >= 4 is 11.9 Å². The number of benzene rings is 3. The molecule has 0 aliphatic carbocycles. The van der Waals surface area contributed by atoms with E-state index in [0.717, 1.165) is 38.0 Å². The van der Waals surface area contributed by atoms with E-state index in [-0.39, 0.29) is 36.5 Å². The van der Waals surface area contributed by atoms with E-state index in [0.29, 0.717) is 5.75 Å². The predicted octanol–water partition coefficient (Wildman–Crippen LogP) is 4.34. The molecule has 3 aromatic rings. The SMILES string of the molecule is O=C(COC(=O)c1ccccc1OCc1ccc(F)cc1)NC1CCN(Cc2ccccc2)CC1. The molecule has 0 unspecified atom stereocenters. The topological polar surface area (TPSA) is 67.9 Å². The summed E-state index contributed by atoms with van der Waals surface area (Å²) < 4.78 is 24.1. The van der Waals surface area contributed by atoms with Gasteiger partial charge < -0.3 is 14.8 Å². The lowest BCUT2D eigenvalue weighted by molar-refractivity contribution is -0.125. The minimum Gasteiger partial charge on any atom is -0.488 e. The summed E-state index contributed by atoms with van der Waals surface area (Å²) >= 11 is 0. The Labute approximate surface area is 204 Å². The maximum absolute atomic E-state index is 13.1. The Morgan fingerprint density at radius 1 is 0.886 bits per heavy atom. The van der Waals surface area contributed by atoms with Crippen LogP contribution < -0.4 is 10.1 Å². The van der Waals surface area contributed by atoms with Gasteiger partial charge in [-0.3, -0.25) is 9.69 Å². The van der Waals surface area contributed by atoms with Crippen molar-refractivity contribution in [2.45, 2.75) is 32.0 Å². The van der Waals surface area contributed by atoms with E-state index < -0.39 is 5.97 Å². The number of hydrogen-bond acceptors (Lipinski definition) is 5. The van der Waals surface area contributed by atoms with Crippen LogP contribution in [-0.4, -0.2) is 42.5 Å². The third kappa shape index (κ3) is 7.39. The van der Waals surface area contributed by atoms with Gasteiger partial charge in [0.15, 0.2) is 6.61 Å². The molecular formula is C28H29FN2O4. The first-order valence-electron chi connectivity index (χ1n) is 11.8. The molecule has 1 N–H and O–H groups in total. The summed E-state index contributed by atoms with van der Waals surface area (Å²) in [7, 11) is 0. The van der Waals surface area contributed by atoms with Gasteiger partial charge in [0.25, 0.3) is 5.91 Å². The number of likely N-dealkylation sites (tertiary alicyclic amines) is 1. The Balaban J connectivity index is 1.21. The Hall–Kier alpha value is -3.71. The van der Waals surface area contributed by atoms with Crippen LogP contribution in [0.3, 0.4) is 0 Å². The van der Waals surface area contributed by atoms with E-state index in [9.17, 15) is 14.0 Å². The molecule has 0 aromatic heterocycles. The van der Waals surface area contributed by atoms with Crippen LogP contribution in [0.25, 0.3) is 0 Å². The van der Waals surface area contributed by atoms with Gasteiger partial charge in [-0.25, -0.2) is 9.18 Å². The number of ether oxygens (including phenoxy) is 2. The summed E-state index contributed by atoms with van der Waals surface area (Å²) in [5.41, 5.74) is 2.28. The van der Waals surface area contributed by atoms with Crippen LogP contribution in [0.2, 0.25) is 0 Å². The molecule has 35 heavy (non-hydrogen) atoms. The minimum atomic E-state index is -0.632. The van der Waals surface area contributed by atoms with Crippen LogP contribution in [0.5, 0.6) is 5.75 Å². The Morgan fingerprint density at radius 3 is 2.31 bits per heavy atom. The van der Waals surface area contributed by atoms with Gasteiger partial charge >= 0.3 is 5.97 Å². The van der Waals surface area contributed by atoms with Crippen molar-refractivity contribution in [2.75, 3.05) is 19.7 Å². The minimum absolute atomic E-state index is 0.0690. The molecule has 0 bridgehead atoms. The van der Waals surface area contributed by atoms with Gasteiger partial charge in [0, 0.05) is 25.7 Å². The van der Waals surface area contributed by atoms with Crippen molar-refractivity contribution in [2.24, 2.45) is 0 Å². The van der Waals surface area contributed by atoms with E-state index in [1.807, 2.05) is 18.2 Å². The molecule has 7 heteroatoms. The highest BCUT2D eigenvalue weighted by Crippen LogP contribution is 2.21. The first kappa shape index (κ1) is 24.4. The van der Waals surface area contributed by atoms with Crippen LogP contribution in [0.1, 0.15) is 34.3 Å². The third-order valence-corrected chi connectivity index (χ3v) is 5.95. The summed E-state index contributed by atoms with van der Waals surface area (Å²) in [5.74, 6) is -0.932. The zero-order chi connectivity index (χ0) is 24.5. The molecule has 0 saturated carbocycles. The van der Waals surface area contributed by atoms with Crippen LogP contribution in [0, 0.1) is 5.82 Å². The Bertz CT molecular complexity index is 1110. The third-order valence-electron chi connectivity index (χ3n) is 5.95. The molecule has 3 aromatic carbocycles. The number of halogens is 1. The predicted molar refractivity (Wildman–Crippen MR) is 130 cm³/mol. The van der Waals surface area contributed by atoms with Crippen LogP contribution in [0.4, 0.5) is 4.39 Å². The highest BCUT2D eigenvalue weighted by Gasteiger charge is 2.22. The van der Waals surface area contributed by atoms with Crippen LogP contribution in [0.15, 0.2) is 78.9 Å². The number of hydrogen-bond donors (Lipinski definition) is 1. The number of esters is 1. The average Bonchev–Trinajstić information content (AvgIpc) is 2.89. The molecule has 1 aliphatic heterocycles. The molecule has 182 valence electrons. The van der Waals surface area contributed by atoms with E-state index in [1.54, 1.807) is 36.4 Å². The standard InChI is InChI=1S/C28H29FN2O4/c29-23-12-10-22(11-13-23)19-34-26-9-5-4-8-25(26)28(33)35-20-27(32)30-24-14-16-31(17-15-24)18-21-6-2-1-3-7-21/h1-13,24H,14-20H2,(H,30,32). The number of amides is 1. The van der Waals surface area contributed by atoms with Crippen LogP contribution >= 0.6 is 0 Å². The summed E-state index contributed by atoms with van der Waals surface area (Å²) in [4.78, 5) is 27.4. The number of carbonyl (C=O) groups is 2. The largest absolute Gasteiger partial charge is 0.488 e. The molecule has 1 saturated heterocycles. The molecule has 1 heterocycles. The van der Waals surface area contributed by atoms with Crippen molar-refractivity contribution in [1.82, 2.24) is 10.2 Å². The summed E-state index contributed by atoms with van der Waals surface area (Å²) in [5, 5.41) is 2.97. The van der Waals surface area contributed by atoms with Crippen molar-refractivity contribution < 1.29 is 23.5 Å². The Kier molecular flexibility index (Phi) is 8.46. The molecule has 1 aliphatic rings.